The van der Waals surface area contributed by atoms with Crippen LogP contribution in [0.3, 0.4) is 0 Å². The maximum atomic E-state index is 11.9. The number of carbonyl (C=O) groups excluding carboxylic acids is 1. The van der Waals surface area contributed by atoms with Gasteiger partial charge in [-0.3, -0.25) is 4.79 Å². The van der Waals surface area contributed by atoms with Crippen molar-refractivity contribution in [1.82, 2.24) is 4.98 Å². The van der Waals surface area contributed by atoms with Crippen LogP contribution < -0.4 is 11.1 Å². The Morgan fingerprint density at radius 2 is 2.05 bits per heavy atom. The van der Waals surface area contributed by atoms with E-state index in [1.807, 2.05) is 31.2 Å². The first-order valence-corrected chi connectivity index (χ1v) is 7.93. The number of hydrogen-bond donors (Lipinski definition) is 2. The third-order valence-electron chi connectivity index (χ3n) is 3.38. The van der Waals surface area contributed by atoms with Crippen LogP contribution in [0.15, 0.2) is 28.7 Å². The summed E-state index contributed by atoms with van der Waals surface area (Å²) in [5.74, 6) is -0.131. The third-order valence-corrected chi connectivity index (χ3v) is 4.79. The Hall–Kier alpha value is -1.24. The molecule has 6 heteroatoms. The number of carbonyl (C=O) groups is 1. The number of aromatic nitrogens is 1. The van der Waals surface area contributed by atoms with Crippen molar-refractivity contribution in [1.29, 1.82) is 0 Å². The predicted octanol–water partition coefficient (Wildman–Crippen LogP) is 3.31. The largest absolute Gasteiger partial charge is 0.317 e. The van der Waals surface area contributed by atoms with E-state index in [1.165, 1.54) is 11.3 Å². The smallest absolute Gasteiger partial charge is 0.246 e. The lowest BCUT2D eigenvalue weighted by atomic mass is 10.1. The number of thiazole rings is 1. The molecule has 2 aromatic rings. The second-order valence-corrected chi connectivity index (χ2v) is 7.16. The van der Waals surface area contributed by atoms with Crippen molar-refractivity contribution in [3.8, 4) is 11.3 Å². The lowest BCUT2D eigenvalue weighted by Gasteiger charge is -2.06. The van der Waals surface area contributed by atoms with Gasteiger partial charge in [0, 0.05) is 14.9 Å². The molecule has 0 unspecified atom stereocenters. The number of rotatable bonds is 3. The highest BCUT2D eigenvalue weighted by Gasteiger charge is 2.46. The summed E-state index contributed by atoms with van der Waals surface area (Å²) >= 11 is 4.89. The van der Waals surface area contributed by atoms with Crippen LogP contribution in [0, 0.1) is 6.92 Å². The van der Waals surface area contributed by atoms with Crippen LogP contribution in [0.2, 0.25) is 0 Å². The maximum absolute atomic E-state index is 11.9. The summed E-state index contributed by atoms with van der Waals surface area (Å²) < 4.78 is 1.03. The van der Waals surface area contributed by atoms with Gasteiger partial charge in [0.1, 0.15) is 0 Å². The maximum Gasteiger partial charge on any atom is 0.246 e. The van der Waals surface area contributed by atoms with Gasteiger partial charge < -0.3 is 11.1 Å². The molecule has 4 nitrogen and oxygen atoms in total. The van der Waals surface area contributed by atoms with Crippen molar-refractivity contribution < 1.29 is 4.79 Å². The molecule has 0 radical (unpaired) electrons. The molecular formula is C14H14BrN3OS. The minimum atomic E-state index is -0.669. The molecule has 0 spiro atoms. The van der Waals surface area contributed by atoms with E-state index < -0.39 is 5.54 Å². The first-order chi connectivity index (χ1) is 9.48. The highest BCUT2D eigenvalue weighted by Crippen LogP contribution is 2.35. The van der Waals surface area contributed by atoms with Crippen LogP contribution in [0.4, 0.5) is 5.13 Å². The first-order valence-electron chi connectivity index (χ1n) is 6.32. The van der Waals surface area contributed by atoms with Crippen molar-refractivity contribution in [2.45, 2.75) is 25.3 Å². The summed E-state index contributed by atoms with van der Waals surface area (Å²) in [5.41, 5.74) is 7.14. The minimum absolute atomic E-state index is 0.131. The van der Waals surface area contributed by atoms with Gasteiger partial charge in [0.25, 0.3) is 0 Å². The van der Waals surface area contributed by atoms with Crippen LogP contribution in [-0.4, -0.2) is 16.4 Å². The van der Waals surface area contributed by atoms with Gasteiger partial charge in [-0.25, -0.2) is 4.98 Å². The fourth-order valence-electron chi connectivity index (χ4n) is 1.91. The molecule has 3 N–H and O–H groups in total. The quantitative estimate of drug-likeness (QED) is 0.891. The van der Waals surface area contributed by atoms with Crippen LogP contribution in [0.5, 0.6) is 0 Å². The Bertz CT molecular complexity index is 662. The fraction of sp³-hybridized carbons (Fsp3) is 0.286. The van der Waals surface area contributed by atoms with E-state index in [0.29, 0.717) is 5.13 Å². The van der Waals surface area contributed by atoms with Gasteiger partial charge in [0.15, 0.2) is 5.13 Å². The molecule has 0 atom stereocenters. The van der Waals surface area contributed by atoms with Crippen LogP contribution in [0.1, 0.15) is 17.7 Å². The molecule has 0 aliphatic heterocycles. The first kappa shape index (κ1) is 13.7. The Kier molecular flexibility index (Phi) is 3.40. The highest BCUT2D eigenvalue weighted by atomic mass is 79.9. The van der Waals surface area contributed by atoms with E-state index in [0.717, 1.165) is 33.4 Å². The Balaban J connectivity index is 1.83. The molecule has 1 aliphatic carbocycles. The highest BCUT2D eigenvalue weighted by molar-refractivity contribution is 9.10. The van der Waals surface area contributed by atoms with Gasteiger partial charge >= 0.3 is 0 Å². The average molecular weight is 352 g/mol. The molecule has 1 saturated carbocycles. The van der Waals surface area contributed by atoms with Gasteiger partial charge in [-0.1, -0.05) is 28.1 Å². The standard InChI is InChI=1S/C14H14BrN3OS/c1-8-11(9-2-4-10(15)5-3-9)17-13(20-8)18-12(19)14(16)6-7-14/h2-5H,6-7,16H2,1H3,(H,17,18,19). The van der Waals surface area contributed by atoms with Gasteiger partial charge in [0.2, 0.25) is 5.91 Å². The number of halogens is 1. The summed E-state index contributed by atoms with van der Waals surface area (Å²) in [5, 5.41) is 3.43. The van der Waals surface area contributed by atoms with E-state index in [-0.39, 0.29) is 5.91 Å². The zero-order valence-electron chi connectivity index (χ0n) is 10.9. The van der Waals surface area contributed by atoms with Crippen molar-refractivity contribution in [2.75, 3.05) is 5.32 Å². The molecule has 1 heterocycles. The van der Waals surface area contributed by atoms with Gasteiger partial charge in [0.05, 0.1) is 11.2 Å². The SMILES string of the molecule is Cc1sc(NC(=O)C2(N)CC2)nc1-c1ccc(Br)cc1. The predicted molar refractivity (Wildman–Crippen MR) is 84.8 cm³/mol. The lowest BCUT2D eigenvalue weighted by molar-refractivity contribution is -0.118. The summed E-state index contributed by atoms with van der Waals surface area (Å²) in [6, 6.07) is 7.96. The van der Waals surface area contributed by atoms with E-state index >= 15 is 0 Å². The monoisotopic (exact) mass is 351 g/mol. The number of benzene rings is 1. The number of nitrogens with one attached hydrogen (secondary N) is 1. The molecule has 0 saturated heterocycles. The van der Waals surface area contributed by atoms with Crippen molar-refractivity contribution >= 4 is 38.3 Å². The van der Waals surface area contributed by atoms with Crippen LogP contribution >= 0.6 is 27.3 Å². The molecule has 104 valence electrons. The number of aryl methyl sites for hydroxylation is 1. The summed E-state index contributed by atoms with van der Waals surface area (Å²) in [6.07, 6.45) is 1.51. The molecule has 1 amide bonds. The molecule has 1 aromatic carbocycles. The van der Waals surface area contributed by atoms with Crippen LogP contribution in [-0.2, 0) is 4.79 Å². The van der Waals surface area contributed by atoms with Crippen molar-refractivity contribution in [2.24, 2.45) is 5.73 Å². The van der Waals surface area contributed by atoms with Gasteiger partial charge in [-0.15, -0.1) is 11.3 Å². The number of nitrogens with zero attached hydrogens (tertiary/aromatic N) is 1. The summed E-state index contributed by atoms with van der Waals surface area (Å²) in [7, 11) is 0. The second-order valence-electron chi connectivity index (χ2n) is 5.04. The molecule has 1 aliphatic rings. The fourth-order valence-corrected chi connectivity index (χ4v) is 3.00. The molecular weight excluding hydrogens is 338 g/mol. The van der Waals surface area contributed by atoms with Gasteiger partial charge in [-0.05, 0) is 31.9 Å². The van der Waals surface area contributed by atoms with E-state index in [1.54, 1.807) is 0 Å². The summed E-state index contributed by atoms with van der Waals surface area (Å²) in [4.78, 5) is 17.5. The number of amides is 1. The summed E-state index contributed by atoms with van der Waals surface area (Å²) in [6.45, 7) is 2.00. The zero-order valence-corrected chi connectivity index (χ0v) is 13.3. The number of anilines is 1. The van der Waals surface area contributed by atoms with E-state index in [9.17, 15) is 4.79 Å². The minimum Gasteiger partial charge on any atom is -0.317 e. The molecule has 3 rings (SSSR count). The van der Waals surface area contributed by atoms with Crippen molar-refractivity contribution in [3.63, 3.8) is 0 Å². The number of nitrogens with two attached hydrogens (primary N) is 1. The molecule has 1 aromatic heterocycles. The van der Waals surface area contributed by atoms with Crippen molar-refractivity contribution in [3.05, 3.63) is 33.6 Å². The van der Waals surface area contributed by atoms with Gasteiger partial charge in [-0.2, -0.15) is 0 Å². The second kappa shape index (κ2) is 4.95. The van der Waals surface area contributed by atoms with Crippen LogP contribution in [0.25, 0.3) is 11.3 Å². The lowest BCUT2D eigenvalue weighted by Crippen LogP contribution is -2.37. The Labute approximate surface area is 129 Å². The number of hydrogen-bond acceptors (Lipinski definition) is 4. The Morgan fingerprint density at radius 3 is 2.65 bits per heavy atom. The Morgan fingerprint density at radius 1 is 1.40 bits per heavy atom. The molecule has 1 fully saturated rings. The molecule has 0 bridgehead atoms. The third kappa shape index (κ3) is 2.63. The topological polar surface area (TPSA) is 68.0 Å². The van der Waals surface area contributed by atoms with E-state index in [2.05, 4.69) is 26.2 Å². The zero-order chi connectivity index (χ0) is 14.3. The van der Waals surface area contributed by atoms with E-state index in [4.69, 9.17) is 5.73 Å². The average Bonchev–Trinajstić information content (AvgIpc) is 3.06. The molecule has 20 heavy (non-hydrogen) atoms. The normalized spacial score (nSPS) is 15.9.